The lowest BCUT2D eigenvalue weighted by atomic mass is 10.0. The largest absolute Gasteiger partial charge is 0.496 e. The van der Waals surface area contributed by atoms with E-state index in [9.17, 15) is 0 Å². The third-order valence-electron chi connectivity index (χ3n) is 2.24. The Morgan fingerprint density at radius 1 is 1.53 bits per heavy atom. The minimum atomic E-state index is 0.517. The second kappa shape index (κ2) is 6.11. The van der Waals surface area contributed by atoms with Gasteiger partial charge in [-0.1, -0.05) is 24.3 Å². The first-order chi connectivity index (χ1) is 8.13. The predicted molar refractivity (Wildman–Crippen MR) is 73.7 cm³/mol. The van der Waals surface area contributed by atoms with Crippen LogP contribution in [0.5, 0.6) is 5.75 Å². The standard InChI is InChI=1S/C13H15ClN2O/c1-4-10(12(15)8-16-2)11-7-9(14)5-6-13(11)17-3/h4-8H,1,15H2,2-3H3/b12-10-,16-8?. The average Bonchev–Trinajstić information content (AvgIpc) is 2.31. The molecule has 90 valence electrons. The van der Waals surface area contributed by atoms with Crippen LogP contribution in [0.2, 0.25) is 5.02 Å². The van der Waals surface area contributed by atoms with Gasteiger partial charge in [0.15, 0.2) is 0 Å². The van der Waals surface area contributed by atoms with E-state index in [4.69, 9.17) is 22.1 Å². The van der Waals surface area contributed by atoms with Gasteiger partial charge in [0, 0.05) is 29.4 Å². The number of rotatable bonds is 4. The minimum absolute atomic E-state index is 0.517. The van der Waals surface area contributed by atoms with E-state index in [-0.39, 0.29) is 0 Å². The molecule has 17 heavy (non-hydrogen) atoms. The molecule has 0 amide bonds. The van der Waals surface area contributed by atoms with Gasteiger partial charge in [0.05, 0.1) is 12.8 Å². The van der Waals surface area contributed by atoms with E-state index < -0.39 is 0 Å². The van der Waals surface area contributed by atoms with Crippen molar-refractivity contribution >= 4 is 23.4 Å². The number of ether oxygens (including phenoxy) is 1. The van der Waals surface area contributed by atoms with Crippen molar-refractivity contribution < 1.29 is 4.74 Å². The molecule has 0 aliphatic carbocycles. The highest BCUT2D eigenvalue weighted by Crippen LogP contribution is 2.30. The van der Waals surface area contributed by atoms with Gasteiger partial charge in [-0.2, -0.15) is 0 Å². The highest BCUT2D eigenvalue weighted by molar-refractivity contribution is 6.30. The summed E-state index contributed by atoms with van der Waals surface area (Å²) in [4.78, 5) is 3.88. The maximum atomic E-state index is 5.97. The summed E-state index contributed by atoms with van der Waals surface area (Å²) in [5.41, 5.74) is 7.97. The number of nitrogens with two attached hydrogens (primary N) is 1. The summed E-state index contributed by atoms with van der Waals surface area (Å²) in [6.07, 6.45) is 3.22. The molecule has 0 saturated heterocycles. The van der Waals surface area contributed by atoms with E-state index in [2.05, 4.69) is 11.6 Å². The van der Waals surface area contributed by atoms with Crippen LogP contribution < -0.4 is 10.5 Å². The Balaban J connectivity index is 3.43. The summed E-state index contributed by atoms with van der Waals surface area (Å²) in [6, 6.07) is 5.33. The molecule has 4 heteroatoms. The third-order valence-corrected chi connectivity index (χ3v) is 2.47. The van der Waals surface area contributed by atoms with Gasteiger partial charge in [-0.15, -0.1) is 0 Å². The topological polar surface area (TPSA) is 47.6 Å². The highest BCUT2D eigenvalue weighted by atomic mass is 35.5. The van der Waals surface area contributed by atoms with E-state index in [0.717, 1.165) is 11.1 Å². The Bertz CT molecular complexity index is 478. The molecule has 0 radical (unpaired) electrons. The second-order valence-electron chi connectivity index (χ2n) is 3.31. The Morgan fingerprint density at radius 3 is 2.76 bits per heavy atom. The fourth-order valence-electron chi connectivity index (χ4n) is 1.48. The summed E-state index contributed by atoms with van der Waals surface area (Å²) in [6.45, 7) is 3.75. The molecule has 0 aliphatic rings. The molecule has 0 fully saturated rings. The van der Waals surface area contributed by atoms with Gasteiger partial charge >= 0.3 is 0 Å². The Kier molecular flexibility index (Phi) is 4.79. The quantitative estimate of drug-likeness (QED) is 0.660. The van der Waals surface area contributed by atoms with Gasteiger partial charge in [-0.25, -0.2) is 0 Å². The van der Waals surface area contributed by atoms with E-state index in [1.54, 1.807) is 44.6 Å². The Morgan fingerprint density at radius 2 is 2.24 bits per heavy atom. The zero-order chi connectivity index (χ0) is 12.8. The molecule has 0 bridgehead atoms. The zero-order valence-electron chi connectivity index (χ0n) is 9.90. The second-order valence-corrected chi connectivity index (χ2v) is 3.74. The van der Waals surface area contributed by atoms with Gasteiger partial charge in [-0.3, -0.25) is 4.99 Å². The molecular formula is C13H15ClN2O. The summed E-state index contributed by atoms with van der Waals surface area (Å²) >= 11 is 5.97. The summed E-state index contributed by atoms with van der Waals surface area (Å²) in [5.74, 6) is 0.691. The van der Waals surface area contributed by atoms with Crippen molar-refractivity contribution in [2.24, 2.45) is 10.7 Å². The fourth-order valence-corrected chi connectivity index (χ4v) is 1.65. The molecule has 0 saturated carbocycles. The smallest absolute Gasteiger partial charge is 0.126 e. The summed E-state index contributed by atoms with van der Waals surface area (Å²) in [5, 5.41) is 0.612. The molecule has 0 unspecified atom stereocenters. The van der Waals surface area contributed by atoms with Crippen LogP contribution in [0.4, 0.5) is 0 Å². The summed E-state index contributed by atoms with van der Waals surface area (Å²) < 4.78 is 5.27. The lowest BCUT2D eigenvalue weighted by Crippen LogP contribution is -2.03. The van der Waals surface area contributed by atoms with Crippen molar-refractivity contribution in [2.45, 2.75) is 0 Å². The molecule has 1 rings (SSSR count). The van der Waals surface area contributed by atoms with Gasteiger partial charge in [0.1, 0.15) is 5.75 Å². The predicted octanol–water partition coefficient (Wildman–Crippen LogP) is 2.91. The highest BCUT2D eigenvalue weighted by Gasteiger charge is 2.09. The van der Waals surface area contributed by atoms with Crippen LogP contribution in [-0.4, -0.2) is 20.4 Å². The van der Waals surface area contributed by atoms with Gasteiger partial charge in [0.2, 0.25) is 0 Å². The van der Waals surface area contributed by atoms with E-state index in [1.165, 1.54) is 0 Å². The molecule has 3 nitrogen and oxygen atoms in total. The Labute approximate surface area is 106 Å². The minimum Gasteiger partial charge on any atom is -0.496 e. The molecule has 0 aromatic heterocycles. The Hall–Kier alpha value is -1.74. The van der Waals surface area contributed by atoms with Gasteiger partial charge < -0.3 is 10.5 Å². The monoisotopic (exact) mass is 250 g/mol. The maximum absolute atomic E-state index is 5.97. The number of benzene rings is 1. The van der Waals surface area contributed by atoms with Crippen LogP contribution >= 0.6 is 11.6 Å². The van der Waals surface area contributed by atoms with Gasteiger partial charge in [-0.05, 0) is 18.2 Å². The van der Waals surface area contributed by atoms with Crippen molar-refractivity contribution in [2.75, 3.05) is 14.2 Å². The summed E-state index contributed by atoms with van der Waals surface area (Å²) in [7, 11) is 3.25. The van der Waals surface area contributed by atoms with Gasteiger partial charge in [0.25, 0.3) is 0 Å². The normalized spacial score (nSPS) is 12.4. The van der Waals surface area contributed by atoms with E-state index >= 15 is 0 Å². The number of methoxy groups -OCH3 is 1. The molecule has 0 heterocycles. The first kappa shape index (κ1) is 13.3. The van der Waals surface area contributed by atoms with Crippen LogP contribution in [-0.2, 0) is 0 Å². The van der Waals surface area contributed by atoms with Crippen molar-refractivity contribution in [3.63, 3.8) is 0 Å². The molecule has 2 N–H and O–H groups in total. The number of nitrogens with zero attached hydrogens (tertiary/aromatic N) is 1. The van der Waals surface area contributed by atoms with Crippen LogP contribution in [0.15, 0.2) is 41.5 Å². The van der Waals surface area contributed by atoms with Crippen LogP contribution in [0, 0.1) is 0 Å². The number of hydrogen-bond acceptors (Lipinski definition) is 3. The van der Waals surface area contributed by atoms with E-state index in [1.807, 2.05) is 0 Å². The van der Waals surface area contributed by atoms with Crippen LogP contribution in [0.1, 0.15) is 5.56 Å². The lowest BCUT2D eigenvalue weighted by molar-refractivity contribution is 0.413. The molecule has 0 aliphatic heterocycles. The van der Waals surface area contributed by atoms with Crippen LogP contribution in [0.3, 0.4) is 0 Å². The lowest BCUT2D eigenvalue weighted by Gasteiger charge is -2.11. The molecule has 1 aromatic rings. The SMILES string of the molecule is C=C/C(=C(/N)C=NC)c1cc(Cl)ccc1OC. The van der Waals surface area contributed by atoms with E-state index in [0.29, 0.717) is 16.5 Å². The number of allylic oxidation sites excluding steroid dienone is 3. The maximum Gasteiger partial charge on any atom is 0.126 e. The number of halogens is 1. The van der Waals surface area contributed by atoms with Crippen molar-refractivity contribution in [1.82, 2.24) is 0 Å². The molecule has 0 atom stereocenters. The fraction of sp³-hybridized carbons (Fsp3) is 0.154. The van der Waals surface area contributed by atoms with Crippen molar-refractivity contribution in [1.29, 1.82) is 0 Å². The van der Waals surface area contributed by atoms with Crippen molar-refractivity contribution in [3.05, 3.63) is 47.1 Å². The molecular weight excluding hydrogens is 236 g/mol. The average molecular weight is 251 g/mol. The number of hydrogen-bond donors (Lipinski definition) is 1. The molecule has 1 aromatic carbocycles. The first-order valence-corrected chi connectivity index (χ1v) is 5.40. The van der Waals surface area contributed by atoms with Crippen LogP contribution in [0.25, 0.3) is 5.57 Å². The van der Waals surface area contributed by atoms with Crippen molar-refractivity contribution in [3.8, 4) is 5.75 Å². The first-order valence-electron chi connectivity index (χ1n) is 5.02. The third kappa shape index (κ3) is 3.11. The molecule has 0 spiro atoms. The zero-order valence-corrected chi connectivity index (χ0v) is 10.7. The number of aliphatic imine (C=N–C) groups is 1.